The van der Waals surface area contributed by atoms with E-state index in [2.05, 4.69) is 26.8 Å². The van der Waals surface area contributed by atoms with Crippen molar-refractivity contribution in [2.24, 2.45) is 0 Å². The summed E-state index contributed by atoms with van der Waals surface area (Å²) in [6.45, 7) is 3.31. The van der Waals surface area contributed by atoms with Crippen molar-refractivity contribution in [3.05, 3.63) is 67.3 Å². The fourth-order valence-corrected chi connectivity index (χ4v) is 3.91. The summed E-state index contributed by atoms with van der Waals surface area (Å²) in [6.07, 6.45) is 5.89. The predicted octanol–water partition coefficient (Wildman–Crippen LogP) is 3.32. The van der Waals surface area contributed by atoms with Crippen molar-refractivity contribution in [1.29, 1.82) is 0 Å². The highest BCUT2D eigenvalue weighted by Crippen LogP contribution is 2.41. The van der Waals surface area contributed by atoms with Gasteiger partial charge < -0.3 is 15.6 Å². The van der Waals surface area contributed by atoms with Crippen LogP contribution in [0.2, 0.25) is 0 Å². The van der Waals surface area contributed by atoms with E-state index in [9.17, 15) is 4.79 Å². The molecule has 7 heteroatoms. The molecule has 1 atom stereocenters. The van der Waals surface area contributed by atoms with Crippen molar-refractivity contribution in [2.45, 2.75) is 19.5 Å². The zero-order valence-corrected chi connectivity index (χ0v) is 16.3. The molecule has 0 fully saturated rings. The number of hydrogen-bond acceptors (Lipinski definition) is 5. The third-order valence-corrected chi connectivity index (χ3v) is 5.20. The predicted molar refractivity (Wildman–Crippen MR) is 118 cm³/mol. The van der Waals surface area contributed by atoms with Crippen molar-refractivity contribution in [2.75, 3.05) is 5.73 Å². The molecule has 0 saturated heterocycles. The lowest BCUT2D eigenvalue weighted by Crippen LogP contribution is -2.37. The molecule has 3 aromatic heterocycles. The average molecular weight is 398 g/mol. The fourth-order valence-electron chi connectivity index (χ4n) is 3.91. The van der Waals surface area contributed by atoms with Gasteiger partial charge in [-0.3, -0.25) is 9.78 Å². The second-order valence-electron chi connectivity index (χ2n) is 7.10. The summed E-state index contributed by atoms with van der Waals surface area (Å²) in [5.74, 6) is -0.216. The Bertz CT molecular complexity index is 1460. The average Bonchev–Trinajstić information content (AvgIpc) is 3.15. The zero-order valence-electron chi connectivity index (χ0n) is 18.3. The number of hydrogen-bond donors (Lipinski definition) is 2. The highest BCUT2D eigenvalue weighted by atomic mass is 16.1. The number of carbonyl (C=O) groups excluding carboxylic acids is 1. The number of nitrogen functional groups attached to an aromatic ring is 1. The van der Waals surface area contributed by atoms with Gasteiger partial charge in [-0.05, 0) is 30.7 Å². The summed E-state index contributed by atoms with van der Waals surface area (Å²) >= 11 is 0. The van der Waals surface area contributed by atoms with Crippen LogP contribution in [0.4, 0.5) is 5.82 Å². The van der Waals surface area contributed by atoms with E-state index in [0.717, 1.165) is 28.1 Å². The van der Waals surface area contributed by atoms with Crippen LogP contribution in [0.1, 0.15) is 15.4 Å². The monoisotopic (exact) mass is 398 g/mol. The van der Waals surface area contributed by atoms with Crippen LogP contribution in [0.5, 0.6) is 0 Å². The molecule has 0 radical (unpaired) electrons. The number of fused-ring (bicyclic) bond motifs is 4. The van der Waals surface area contributed by atoms with Gasteiger partial charge in [-0.2, -0.15) is 0 Å². The van der Waals surface area contributed by atoms with Gasteiger partial charge in [0.2, 0.25) is 5.91 Å². The topological polar surface area (TPSA) is 98.7 Å². The van der Waals surface area contributed by atoms with Crippen molar-refractivity contribution >= 4 is 39.2 Å². The van der Waals surface area contributed by atoms with Crippen molar-refractivity contribution < 1.29 is 7.54 Å². The quantitative estimate of drug-likeness (QED) is 0.516. The van der Waals surface area contributed by atoms with E-state index in [-0.39, 0.29) is 5.82 Å². The standard InChI is InChI=1S/C23H20N6O/c1-3-18(30)28-16-8-13(2)21-19(15-9-14-6-4-5-7-17(14)25-10-15)20-22(24)26-12-27-23(20)29(21)11-16/h3-10,12,16H,1,11H2,2H3,(H,28,30)(H2,24,26,27)/t16-/m0/s1/i11D2. The summed E-state index contributed by atoms with van der Waals surface area (Å²) < 4.78 is 19.3. The van der Waals surface area contributed by atoms with Gasteiger partial charge in [0.15, 0.2) is 0 Å². The number of aromatic nitrogens is 4. The second kappa shape index (κ2) is 6.81. The maximum Gasteiger partial charge on any atom is 0.243 e. The minimum absolute atomic E-state index is 0.246. The number of para-hydroxylation sites is 1. The molecule has 0 spiro atoms. The van der Waals surface area contributed by atoms with Gasteiger partial charge in [-0.1, -0.05) is 30.9 Å². The van der Waals surface area contributed by atoms with Crippen LogP contribution in [-0.4, -0.2) is 31.5 Å². The molecule has 3 N–H and O–H groups in total. The number of amides is 1. The number of allylic oxidation sites excluding steroid dienone is 1. The molecule has 1 amide bonds. The first kappa shape index (κ1) is 15.9. The summed E-state index contributed by atoms with van der Waals surface area (Å²) in [5.41, 5.74) is 10.4. The van der Waals surface area contributed by atoms with Crippen LogP contribution < -0.4 is 11.1 Å². The van der Waals surface area contributed by atoms with Gasteiger partial charge >= 0.3 is 0 Å². The fraction of sp³-hybridized carbons (Fsp3) is 0.130. The van der Waals surface area contributed by atoms with Gasteiger partial charge in [0.1, 0.15) is 17.8 Å². The van der Waals surface area contributed by atoms with E-state index in [1.54, 1.807) is 12.3 Å². The number of nitrogens with two attached hydrogens (primary N) is 1. The minimum Gasteiger partial charge on any atom is -0.383 e. The SMILES string of the molecule is [2H]C1([2H])[C@@H](NC(=O)C=C)C=C(C)c2c(-c3cnc4ccccc4c3)c3c(N)ncnc3n21. The largest absolute Gasteiger partial charge is 0.383 e. The Kier molecular flexibility index (Phi) is 3.60. The van der Waals surface area contributed by atoms with Crippen molar-refractivity contribution in [3.63, 3.8) is 0 Å². The lowest BCUT2D eigenvalue weighted by Gasteiger charge is -2.24. The summed E-state index contributed by atoms with van der Waals surface area (Å²) in [7, 11) is 0. The summed E-state index contributed by atoms with van der Waals surface area (Å²) in [5, 5.41) is 4.16. The van der Waals surface area contributed by atoms with Gasteiger partial charge in [-0.25, -0.2) is 9.97 Å². The maximum atomic E-state index is 12.0. The van der Waals surface area contributed by atoms with Gasteiger partial charge in [0.05, 0.1) is 25.4 Å². The number of benzene rings is 1. The third kappa shape index (κ3) is 2.75. The normalized spacial score (nSPS) is 18.3. The van der Waals surface area contributed by atoms with Gasteiger partial charge in [-0.15, -0.1) is 0 Å². The number of pyridine rings is 1. The first-order valence-electron chi connectivity index (χ1n) is 10.4. The molecule has 0 bridgehead atoms. The summed E-state index contributed by atoms with van der Waals surface area (Å²) in [6, 6.07) is 8.85. The molecule has 1 aliphatic heterocycles. The van der Waals surface area contributed by atoms with Crippen LogP contribution in [0.25, 0.3) is 38.6 Å². The van der Waals surface area contributed by atoms with E-state index < -0.39 is 18.4 Å². The molecule has 1 aromatic carbocycles. The minimum atomic E-state index is -2.02. The molecule has 0 aliphatic carbocycles. The lowest BCUT2D eigenvalue weighted by atomic mass is 9.97. The lowest BCUT2D eigenvalue weighted by molar-refractivity contribution is -0.116. The Morgan fingerprint density at radius 2 is 2.20 bits per heavy atom. The molecule has 4 heterocycles. The van der Waals surface area contributed by atoms with E-state index >= 15 is 0 Å². The third-order valence-electron chi connectivity index (χ3n) is 5.20. The van der Waals surface area contributed by atoms with Crippen LogP contribution in [0.3, 0.4) is 0 Å². The van der Waals surface area contributed by atoms with Crippen LogP contribution >= 0.6 is 0 Å². The number of rotatable bonds is 3. The smallest absolute Gasteiger partial charge is 0.243 e. The molecule has 30 heavy (non-hydrogen) atoms. The number of nitrogens with one attached hydrogen (secondary N) is 1. The molecular weight excluding hydrogens is 376 g/mol. The molecule has 0 saturated carbocycles. The Morgan fingerprint density at radius 3 is 3.03 bits per heavy atom. The van der Waals surface area contributed by atoms with E-state index in [0.29, 0.717) is 22.3 Å². The van der Waals surface area contributed by atoms with E-state index in [1.807, 2.05) is 37.3 Å². The molecule has 148 valence electrons. The van der Waals surface area contributed by atoms with Gasteiger partial charge in [0, 0.05) is 29.2 Å². The molecule has 0 unspecified atom stereocenters. The Morgan fingerprint density at radius 1 is 1.37 bits per heavy atom. The van der Waals surface area contributed by atoms with Crippen molar-refractivity contribution in [3.8, 4) is 11.1 Å². The highest BCUT2D eigenvalue weighted by Gasteiger charge is 2.28. The molecule has 1 aliphatic rings. The van der Waals surface area contributed by atoms with E-state index in [4.69, 9.17) is 8.48 Å². The first-order chi connectivity index (χ1) is 15.3. The highest BCUT2D eigenvalue weighted by molar-refractivity contribution is 6.07. The maximum absolute atomic E-state index is 12.0. The number of carbonyl (C=O) groups is 1. The summed E-state index contributed by atoms with van der Waals surface area (Å²) in [4.78, 5) is 25.1. The molecule has 4 aromatic rings. The Labute approximate surface area is 175 Å². The zero-order chi connectivity index (χ0) is 22.6. The molecule has 5 rings (SSSR count). The van der Waals surface area contributed by atoms with Crippen LogP contribution in [0, 0.1) is 0 Å². The van der Waals surface area contributed by atoms with Crippen LogP contribution in [-0.2, 0) is 11.3 Å². The number of anilines is 1. The number of nitrogens with zero attached hydrogens (tertiary/aromatic N) is 4. The Balaban J connectivity index is 1.85. The van der Waals surface area contributed by atoms with Crippen LogP contribution in [0.15, 0.2) is 61.6 Å². The first-order valence-corrected chi connectivity index (χ1v) is 9.45. The Hall–Kier alpha value is -4.00. The van der Waals surface area contributed by atoms with Gasteiger partial charge in [0.25, 0.3) is 0 Å². The molecule has 7 nitrogen and oxygen atoms in total. The molecular formula is C23H20N6O. The second-order valence-corrected chi connectivity index (χ2v) is 7.10. The van der Waals surface area contributed by atoms with E-state index in [1.165, 1.54) is 10.9 Å². The van der Waals surface area contributed by atoms with Crippen molar-refractivity contribution in [1.82, 2.24) is 24.8 Å².